The van der Waals surface area contributed by atoms with Crippen molar-refractivity contribution >= 4 is 22.1 Å². The second-order valence-corrected chi connectivity index (χ2v) is 9.94. The van der Waals surface area contributed by atoms with Crippen molar-refractivity contribution in [3.8, 4) is 0 Å². The van der Waals surface area contributed by atoms with Crippen molar-refractivity contribution in [1.29, 1.82) is 0 Å². The number of rotatable bonds is 7. The normalized spacial score (nSPS) is 14.2. The summed E-state index contributed by atoms with van der Waals surface area (Å²) in [6.45, 7) is 13.9. The number of hydrogen-bond donors (Lipinski definition) is 0. The molecule has 0 radical (unpaired) electrons. The minimum atomic E-state index is 0.586. The molecule has 1 heterocycles. The Morgan fingerprint density at radius 1 is 0.593 bits per heavy atom. The maximum atomic E-state index is 2.40. The molecule has 0 bridgehead atoms. The molecular weight excluding hydrogens is 344 g/mol. The minimum absolute atomic E-state index is 0.586. The molecule has 0 aliphatic heterocycles. The molecule has 0 fully saturated rings. The van der Waals surface area contributed by atoms with E-state index in [-0.39, 0.29) is 0 Å². The quantitative estimate of drug-likeness (QED) is 0.385. The first kappa shape index (κ1) is 20.1. The number of fused-ring (bicyclic) bond motifs is 1. The third-order valence-corrected chi connectivity index (χ3v) is 7.48. The predicted octanol–water partition coefficient (Wildman–Crippen LogP) is 8.84. The van der Waals surface area contributed by atoms with Crippen molar-refractivity contribution in [2.24, 2.45) is 0 Å². The molecule has 0 nitrogen and oxygen atoms in total. The van der Waals surface area contributed by atoms with Crippen LogP contribution in [0.2, 0.25) is 0 Å². The summed E-state index contributed by atoms with van der Waals surface area (Å²) in [5, 5.41) is 2.74. The van der Waals surface area contributed by atoms with Crippen LogP contribution in [0.4, 0.5) is 0 Å². The van der Waals surface area contributed by atoms with Crippen LogP contribution in [0.1, 0.15) is 98.9 Å². The molecule has 0 amide bonds. The molecule has 0 saturated heterocycles. The average molecular weight is 379 g/mol. The van der Waals surface area contributed by atoms with E-state index in [1.54, 1.807) is 4.88 Å². The molecule has 2 aromatic carbocycles. The van der Waals surface area contributed by atoms with Crippen LogP contribution in [0.5, 0.6) is 0 Å². The van der Waals surface area contributed by atoms with E-state index in [2.05, 4.69) is 90.1 Å². The van der Waals surface area contributed by atoms with Crippen molar-refractivity contribution in [2.45, 2.75) is 78.1 Å². The lowest BCUT2D eigenvalue weighted by molar-refractivity contribution is 0.579. The van der Waals surface area contributed by atoms with Crippen LogP contribution in [0.15, 0.2) is 48.5 Å². The van der Waals surface area contributed by atoms with Crippen molar-refractivity contribution in [1.82, 2.24) is 0 Å². The third kappa shape index (κ3) is 4.82. The summed E-state index contributed by atoms with van der Waals surface area (Å²) in [7, 11) is 0. The molecule has 0 aliphatic carbocycles. The number of hydrogen-bond acceptors (Lipinski definition) is 1. The summed E-state index contributed by atoms with van der Waals surface area (Å²) in [6.07, 6.45) is 2.50. The van der Waals surface area contributed by atoms with Crippen LogP contribution in [0, 0.1) is 0 Å². The molecule has 2 atom stereocenters. The third-order valence-electron chi connectivity index (χ3n) is 5.86. The monoisotopic (exact) mass is 378 g/mol. The zero-order chi connectivity index (χ0) is 19.6. The van der Waals surface area contributed by atoms with Gasteiger partial charge >= 0.3 is 0 Å². The minimum Gasteiger partial charge on any atom is -0.145 e. The Hall–Kier alpha value is -1.60. The molecule has 0 aliphatic rings. The Balaban J connectivity index is 1.66. The van der Waals surface area contributed by atoms with Gasteiger partial charge in [0.25, 0.3) is 0 Å². The molecule has 3 rings (SSSR count). The fraction of sp³-hybridized carbons (Fsp3) is 0.462. The molecule has 0 saturated carbocycles. The summed E-state index contributed by atoms with van der Waals surface area (Å²) in [6, 6.07) is 18.6. The van der Waals surface area contributed by atoms with E-state index < -0.39 is 0 Å². The Bertz CT molecular complexity index is 884. The Morgan fingerprint density at radius 2 is 1.15 bits per heavy atom. The second-order valence-electron chi connectivity index (χ2n) is 8.80. The summed E-state index contributed by atoms with van der Waals surface area (Å²) >= 11 is 2.00. The molecular formula is C26H34S. The van der Waals surface area contributed by atoms with Crippen molar-refractivity contribution in [3.63, 3.8) is 0 Å². The first-order valence-corrected chi connectivity index (χ1v) is 11.3. The first-order chi connectivity index (χ1) is 12.8. The highest BCUT2D eigenvalue weighted by Crippen LogP contribution is 2.34. The topological polar surface area (TPSA) is 0 Å². The largest absolute Gasteiger partial charge is 0.145 e. The van der Waals surface area contributed by atoms with Crippen LogP contribution in [0.25, 0.3) is 10.8 Å². The van der Waals surface area contributed by atoms with Crippen LogP contribution in [0.3, 0.4) is 0 Å². The van der Waals surface area contributed by atoms with Gasteiger partial charge in [0.15, 0.2) is 0 Å². The van der Waals surface area contributed by atoms with Gasteiger partial charge in [0, 0.05) is 9.75 Å². The highest BCUT2D eigenvalue weighted by atomic mass is 32.1. The van der Waals surface area contributed by atoms with Gasteiger partial charge in [-0.2, -0.15) is 0 Å². The van der Waals surface area contributed by atoms with Crippen molar-refractivity contribution in [3.05, 3.63) is 69.4 Å². The van der Waals surface area contributed by atoms with Crippen LogP contribution in [-0.4, -0.2) is 0 Å². The highest BCUT2D eigenvalue weighted by Gasteiger charge is 2.14. The van der Waals surface area contributed by atoms with E-state index >= 15 is 0 Å². The summed E-state index contributed by atoms with van der Waals surface area (Å²) in [5.41, 5.74) is 2.90. The lowest BCUT2D eigenvalue weighted by Gasteiger charge is -2.16. The zero-order valence-electron chi connectivity index (χ0n) is 17.8. The van der Waals surface area contributed by atoms with E-state index in [0.29, 0.717) is 23.7 Å². The number of benzene rings is 2. The summed E-state index contributed by atoms with van der Waals surface area (Å²) in [4.78, 5) is 3.06. The maximum Gasteiger partial charge on any atom is 0.00764 e. The van der Waals surface area contributed by atoms with Gasteiger partial charge in [-0.15, -0.1) is 11.3 Å². The van der Waals surface area contributed by atoms with Crippen LogP contribution >= 0.6 is 11.3 Å². The highest BCUT2D eigenvalue weighted by molar-refractivity contribution is 7.12. The van der Waals surface area contributed by atoms with Gasteiger partial charge in [0.1, 0.15) is 0 Å². The zero-order valence-corrected chi connectivity index (χ0v) is 18.6. The molecule has 0 spiro atoms. The van der Waals surface area contributed by atoms with Gasteiger partial charge < -0.3 is 0 Å². The van der Waals surface area contributed by atoms with Gasteiger partial charge in [-0.1, -0.05) is 77.9 Å². The Kier molecular flexibility index (Phi) is 6.42. The Morgan fingerprint density at radius 3 is 1.74 bits per heavy atom. The van der Waals surface area contributed by atoms with Crippen LogP contribution in [-0.2, 0) is 0 Å². The van der Waals surface area contributed by atoms with E-state index in [1.807, 2.05) is 11.3 Å². The lowest BCUT2D eigenvalue weighted by atomic mass is 9.90. The molecule has 1 aromatic heterocycles. The lowest BCUT2D eigenvalue weighted by Crippen LogP contribution is -1.98. The van der Waals surface area contributed by atoms with E-state index in [1.165, 1.54) is 39.6 Å². The molecule has 2 unspecified atom stereocenters. The average Bonchev–Trinajstić information content (AvgIpc) is 3.15. The van der Waals surface area contributed by atoms with Crippen molar-refractivity contribution < 1.29 is 0 Å². The smallest absolute Gasteiger partial charge is 0.00764 e. The SMILES string of the molecule is CC(C)c1ccc2cc(C(C)CCC(C)c3ccc(C(C)C)s3)ccc2c1. The van der Waals surface area contributed by atoms with Gasteiger partial charge in [0.05, 0.1) is 0 Å². The van der Waals surface area contributed by atoms with Gasteiger partial charge in [-0.25, -0.2) is 0 Å². The molecule has 1 heteroatoms. The molecule has 0 N–H and O–H groups in total. The molecule has 27 heavy (non-hydrogen) atoms. The summed E-state index contributed by atoms with van der Waals surface area (Å²) < 4.78 is 0. The second kappa shape index (κ2) is 8.61. The predicted molar refractivity (Wildman–Crippen MR) is 123 cm³/mol. The fourth-order valence-corrected chi connectivity index (χ4v) is 4.80. The van der Waals surface area contributed by atoms with Gasteiger partial charge in [-0.3, -0.25) is 0 Å². The number of thiophene rings is 1. The first-order valence-electron chi connectivity index (χ1n) is 10.5. The van der Waals surface area contributed by atoms with Crippen molar-refractivity contribution in [2.75, 3.05) is 0 Å². The summed E-state index contributed by atoms with van der Waals surface area (Å²) in [5.74, 6) is 2.48. The van der Waals surface area contributed by atoms with Crippen LogP contribution < -0.4 is 0 Å². The van der Waals surface area contributed by atoms with E-state index in [9.17, 15) is 0 Å². The Labute approximate surface area is 169 Å². The van der Waals surface area contributed by atoms with E-state index in [0.717, 1.165) is 0 Å². The molecule has 144 valence electrons. The van der Waals surface area contributed by atoms with Gasteiger partial charge in [0.2, 0.25) is 0 Å². The van der Waals surface area contributed by atoms with E-state index in [4.69, 9.17) is 0 Å². The van der Waals surface area contributed by atoms with Gasteiger partial charge in [-0.05, 0) is 70.5 Å². The molecule has 3 aromatic rings. The maximum absolute atomic E-state index is 2.40. The standard InChI is InChI=1S/C26H34S/c1-17(2)21-9-11-24-16-22(10-12-23(24)15-21)19(5)7-8-20(6)26-14-13-25(27-26)18(3)4/h9-20H,7-8H2,1-6H3. The fourth-order valence-electron chi connectivity index (χ4n) is 3.70.